The molecule has 2 aromatic carbocycles. The molecule has 1 aliphatic carbocycles. The van der Waals surface area contributed by atoms with Crippen LogP contribution in [0.15, 0.2) is 42.5 Å². The Balaban J connectivity index is 0.000000810. The first-order valence-corrected chi connectivity index (χ1v) is 5.45. The van der Waals surface area contributed by atoms with Crippen LogP contribution in [0.5, 0.6) is 0 Å². The fourth-order valence-electron chi connectivity index (χ4n) is 2.24. The molecule has 18 heavy (non-hydrogen) atoms. The summed E-state index contributed by atoms with van der Waals surface area (Å²) in [7, 11) is 0. The van der Waals surface area contributed by atoms with E-state index in [1.54, 1.807) is 0 Å². The van der Waals surface area contributed by atoms with Crippen LogP contribution in [0, 0.1) is 0 Å². The van der Waals surface area contributed by atoms with E-state index in [1.165, 1.54) is 0 Å². The molecular weight excluding hydrogens is 239 g/mol. The standard InChI is InChI=1S/C14H12O2.Na.H2O/c15-13(16)14(7-8-14)12-6-5-10-3-1-2-4-11(10)9-12;;/h1-6,9H,7-8H2,(H,15,16);;1H2/q;+1;/p-1. The predicted molar refractivity (Wildman–Crippen MR) is 64.4 cm³/mol. The zero-order valence-corrected chi connectivity index (χ0v) is 12.3. The molecule has 0 atom stereocenters. The molecule has 1 aliphatic rings. The van der Waals surface area contributed by atoms with Crippen LogP contribution in [0.2, 0.25) is 0 Å². The molecule has 0 amide bonds. The van der Waals surface area contributed by atoms with Gasteiger partial charge in [0.2, 0.25) is 0 Å². The van der Waals surface area contributed by atoms with Crippen LogP contribution in [0.1, 0.15) is 18.4 Å². The molecule has 1 saturated carbocycles. The molecule has 88 valence electrons. The summed E-state index contributed by atoms with van der Waals surface area (Å²) >= 11 is 0. The summed E-state index contributed by atoms with van der Waals surface area (Å²) in [6, 6.07) is 14.0. The van der Waals surface area contributed by atoms with Crippen molar-refractivity contribution < 1.29 is 44.9 Å². The third-order valence-electron chi connectivity index (χ3n) is 3.46. The molecule has 1 fully saturated rings. The van der Waals surface area contributed by atoms with E-state index in [4.69, 9.17) is 0 Å². The summed E-state index contributed by atoms with van der Waals surface area (Å²) in [6.45, 7) is 0. The average Bonchev–Trinajstić information content (AvgIpc) is 3.09. The first-order valence-electron chi connectivity index (χ1n) is 5.45. The van der Waals surface area contributed by atoms with Crippen LogP contribution in [-0.4, -0.2) is 16.6 Å². The van der Waals surface area contributed by atoms with Crippen LogP contribution in [0.3, 0.4) is 0 Å². The minimum atomic E-state index is -0.692. The second-order valence-corrected chi connectivity index (χ2v) is 4.45. The minimum Gasteiger partial charge on any atom is -0.870 e. The van der Waals surface area contributed by atoms with E-state index >= 15 is 0 Å². The smallest absolute Gasteiger partial charge is 0.870 e. The first kappa shape index (κ1) is 15.2. The number of hydrogen-bond donors (Lipinski definition) is 1. The van der Waals surface area contributed by atoms with Gasteiger partial charge in [0.05, 0.1) is 5.41 Å². The van der Waals surface area contributed by atoms with Gasteiger partial charge in [-0.25, -0.2) is 0 Å². The van der Waals surface area contributed by atoms with Crippen molar-refractivity contribution in [1.29, 1.82) is 0 Å². The molecule has 0 aromatic heterocycles. The molecule has 2 N–H and O–H groups in total. The number of hydrogen-bond acceptors (Lipinski definition) is 2. The maximum atomic E-state index is 11.2. The number of carbonyl (C=O) groups is 1. The minimum absolute atomic E-state index is 0. The maximum absolute atomic E-state index is 11.2. The van der Waals surface area contributed by atoms with E-state index in [1.807, 2.05) is 42.5 Å². The van der Waals surface area contributed by atoms with Gasteiger partial charge in [-0.3, -0.25) is 4.79 Å². The molecule has 0 heterocycles. The average molecular weight is 252 g/mol. The van der Waals surface area contributed by atoms with Gasteiger partial charge in [-0.15, -0.1) is 0 Å². The van der Waals surface area contributed by atoms with Gasteiger partial charge in [-0.2, -0.15) is 0 Å². The number of benzene rings is 2. The van der Waals surface area contributed by atoms with Crippen LogP contribution in [0.4, 0.5) is 0 Å². The second-order valence-electron chi connectivity index (χ2n) is 4.45. The van der Waals surface area contributed by atoms with Crippen LogP contribution in [0.25, 0.3) is 10.8 Å². The van der Waals surface area contributed by atoms with Crippen LogP contribution >= 0.6 is 0 Å². The van der Waals surface area contributed by atoms with E-state index in [0.29, 0.717) is 0 Å². The largest absolute Gasteiger partial charge is 1.00 e. The van der Waals surface area contributed by atoms with E-state index in [0.717, 1.165) is 29.2 Å². The summed E-state index contributed by atoms with van der Waals surface area (Å²) in [5, 5.41) is 11.5. The van der Waals surface area contributed by atoms with Crippen LogP contribution < -0.4 is 29.6 Å². The molecule has 0 unspecified atom stereocenters. The maximum Gasteiger partial charge on any atom is 1.00 e. The van der Waals surface area contributed by atoms with E-state index in [2.05, 4.69) is 0 Å². The summed E-state index contributed by atoms with van der Waals surface area (Å²) in [6.07, 6.45) is 1.53. The molecule has 0 radical (unpaired) electrons. The Kier molecular flexibility index (Phi) is 4.56. The molecule has 3 rings (SSSR count). The van der Waals surface area contributed by atoms with Crippen molar-refractivity contribution in [2.24, 2.45) is 0 Å². The van der Waals surface area contributed by atoms with Crippen molar-refractivity contribution in [2.75, 3.05) is 0 Å². The van der Waals surface area contributed by atoms with Crippen LogP contribution in [-0.2, 0) is 10.2 Å². The number of carboxylic acids is 1. The molecule has 4 heteroatoms. The van der Waals surface area contributed by atoms with Gasteiger partial charge in [-0.05, 0) is 29.2 Å². The summed E-state index contributed by atoms with van der Waals surface area (Å²) in [5.74, 6) is -0.692. The quantitative estimate of drug-likeness (QED) is 0.752. The van der Waals surface area contributed by atoms with Gasteiger partial charge in [0, 0.05) is 0 Å². The summed E-state index contributed by atoms with van der Waals surface area (Å²) < 4.78 is 0. The number of fused-ring (bicyclic) bond motifs is 1. The normalized spacial score (nSPS) is 15.3. The fraction of sp³-hybridized carbons (Fsp3) is 0.214. The van der Waals surface area contributed by atoms with Crippen molar-refractivity contribution >= 4 is 16.7 Å². The third kappa shape index (κ3) is 2.31. The predicted octanol–water partition coefficient (Wildman–Crippen LogP) is -0.217. The van der Waals surface area contributed by atoms with Gasteiger partial charge in [0.15, 0.2) is 0 Å². The number of rotatable bonds is 2. The molecule has 2 aromatic rings. The van der Waals surface area contributed by atoms with Gasteiger partial charge in [0.25, 0.3) is 0 Å². The monoisotopic (exact) mass is 252 g/mol. The number of carboxylic acid groups (broad SMARTS) is 1. The van der Waals surface area contributed by atoms with E-state index in [-0.39, 0.29) is 35.0 Å². The Morgan fingerprint density at radius 3 is 2.22 bits per heavy atom. The molecule has 0 bridgehead atoms. The second kappa shape index (κ2) is 5.41. The Morgan fingerprint density at radius 1 is 1.06 bits per heavy atom. The zero-order chi connectivity index (χ0) is 11.2. The Bertz CT molecular complexity index is 576. The Hall–Kier alpha value is -0.870. The fourth-order valence-corrected chi connectivity index (χ4v) is 2.24. The van der Waals surface area contributed by atoms with Gasteiger partial charge in [0.1, 0.15) is 0 Å². The molecule has 3 nitrogen and oxygen atoms in total. The Morgan fingerprint density at radius 2 is 1.67 bits per heavy atom. The topological polar surface area (TPSA) is 67.3 Å². The van der Waals surface area contributed by atoms with Crippen molar-refractivity contribution in [3.05, 3.63) is 48.0 Å². The SMILES string of the molecule is O=C(O)C1(c2ccc3ccccc3c2)CC1.[Na+].[OH-]. The molecule has 0 spiro atoms. The molecule has 0 aliphatic heterocycles. The first-order chi connectivity index (χ1) is 7.72. The van der Waals surface area contributed by atoms with Crippen molar-refractivity contribution in [3.8, 4) is 0 Å². The van der Waals surface area contributed by atoms with Gasteiger partial charge in [-0.1, -0.05) is 42.5 Å². The van der Waals surface area contributed by atoms with Crippen molar-refractivity contribution in [2.45, 2.75) is 18.3 Å². The third-order valence-corrected chi connectivity index (χ3v) is 3.46. The molecule has 0 saturated heterocycles. The summed E-state index contributed by atoms with van der Waals surface area (Å²) in [4.78, 5) is 11.2. The van der Waals surface area contributed by atoms with Gasteiger partial charge < -0.3 is 10.6 Å². The molecular formula is C14H13NaO3. The van der Waals surface area contributed by atoms with E-state index in [9.17, 15) is 9.90 Å². The van der Waals surface area contributed by atoms with Crippen molar-refractivity contribution in [1.82, 2.24) is 0 Å². The van der Waals surface area contributed by atoms with Crippen molar-refractivity contribution in [3.63, 3.8) is 0 Å². The summed E-state index contributed by atoms with van der Waals surface area (Å²) in [5.41, 5.74) is 0.350. The zero-order valence-electron chi connectivity index (χ0n) is 10.3. The number of aliphatic carboxylic acids is 1. The van der Waals surface area contributed by atoms with Gasteiger partial charge >= 0.3 is 35.5 Å². The van der Waals surface area contributed by atoms with E-state index < -0.39 is 11.4 Å². The Labute approximate surface area is 127 Å².